The summed E-state index contributed by atoms with van der Waals surface area (Å²) < 4.78 is 4.65. The zero-order chi connectivity index (χ0) is 19.9. The molecule has 0 aliphatic carbocycles. The molecule has 0 atom stereocenters. The Bertz CT molecular complexity index is 1060. The summed E-state index contributed by atoms with van der Waals surface area (Å²) in [4.78, 5) is 34.7. The number of amides is 1. The molecule has 0 aliphatic heterocycles. The molecular weight excluding hydrogens is 358 g/mol. The number of aromatic amines is 1. The van der Waals surface area contributed by atoms with E-state index in [1.165, 1.54) is 19.3 Å². The van der Waals surface area contributed by atoms with E-state index in [2.05, 4.69) is 20.3 Å². The third kappa shape index (κ3) is 4.79. The van der Waals surface area contributed by atoms with E-state index in [1.54, 1.807) is 54.6 Å². The number of anilines is 1. The van der Waals surface area contributed by atoms with Gasteiger partial charge in [0.2, 0.25) is 5.91 Å². The van der Waals surface area contributed by atoms with E-state index in [4.69, 9.17) is 0 Å². The molecule has 140 valence electrons. The van der Waals surface area contributed by atoms with Crippen molar-refractivity contribution >= 4 is 23.6 Å². The van der Waals surface area contributed by atoms with Gasteiger partial charge in [-0.1, -0.05) is 24.3 Å². The summed E-state index contributed by atoms with van der Waals surface area (Å²) in [5.74, 6) is -0.714. The maximum absolute atomic E-state index is 12.2. The highest BCUT2D eigenvalue weighted by Crippen LogP contribution is 2.19. The number of hydrogen-bond donors (Lipinski definition) is 2. The Labute approximate surface area is 160 Å². The van der Waals surface area contributed by atoms with Gasteiger partial charge in [-0.3, -0.25) is 9.59 Å². The Morgan fingerprint density at radius 2 is 1.86 bits per heavy atom. The lowest BCUT2D eigenvalue weighted by molar-refractivity contribution is -0.111. The van der Waals surface area contributed by atoms with Gasteiger partial charge in [0.15, 0.2) is 0 Å². The third-order valence-electron chi connectivity index (χ3n) is 3.86. The molecule has 0 fully saturated rings. The summed E-state index contributed by atoms with van der Waals surface area (Å²) in [6.07, 6.45) is 3.04. The normalized spacial score (nSPS) is 10.6. The number of hydrogen-bond acceptors (Lipinski definition) is 5. The van der Waals surface area contributed by atoms with Crippen molar-refractivity contribution in [2.75, 3.05) is 12.4 Å². The number of carbonyl (C=O) groups excluding carboxylic acids is 2. The van der Waals surface area contributed by atoms with Gasteiger partial charge in [-0.2, -0.15) is 5.10 Å². The van der Waals surface area contributed by atoms with Gasteiger partial charge in [-0.05, 0) is 42.0 Å². The molecule has 7 heteroatoms. The van der Waals surface area contributed by atoms with Crippen LogP contribution in [0.3, 0.4) is 0 Å². The quantitative estimate of drug-likeness (QED) is 0.527. The highest BCUT2D eigenvalue weighted by Gasteiger charge is 2.05. The molecule has 0 bridgehead atoms. The van der Waals surface area contributed by atoms with Crippen molar-refractivity contribution in [3.63, 3.8) is 0 Å². The smallest absolute Gasteiger partial charge is 0.337 e. The molecule has 3 rings (SSSR count). The lowest BCUT2D eigenvalue weighted by Crippen LogP contribution is -2.08. The average Bonchev–Trinajstić information content (AvgIpc) is 2.73. The molecule has 2 N–H and O–H groups in total. The van der Waals surface area contributed by atoms with Crippen LogP contribution in [0.4, 0.5) is 5.69 Å². The number of H-pyrrole nitrogens is 1. The van der Waals surface area contributed by atoms with Crippen LogP contribution in [0.5, 0.6) is 0 Å². The largest absolute Gasteiger partial charge is 0.465 e. The summed E-state index contributed by atoms with van der Waals surface area (Å²) >= 11 is 0. The number of benzene rings is 2. The van der Waals surface area contributed by atoms with E-state index >= 15 is 0 Å². The van der Waals surface area contributed by atoms with Crippen molar-refractivity contribution in [3.8, 4) is 11.3 Å². The SMILES string of the molecule is COC(=O)c1ccc(/C=C/C(=O)Nc2cccc(-c3ccc(=O)[nH]n3)c2)cc1. The van der Waals surface area contributed by atoms with Crippen LogP contribution in [0.1, 0.15) is 15.9 Å². The third-order valence-corrected chi connectivity index (χ3v) is 3.86. The van der Waals surface area contributed by atoms with Crippen LogP contribution >= 0.6 is 0 Å². The lowest BCUT2D eigenvalue weighted by atomic mass is 10.1. The number of rotatable bonds is 5. The molecule has 2 aromatic carbocycles. The fourth-order valence-electron chi connectivity index (χ4n) is 2.47. The summed E-state index contributed by atoms with van der Waals surface area (Å²) in [7, 11) is 1.32. The molecule has 0 aliphatic rings. The van der Waals surface area contributed by atoms with Crippen molar-refractivity contribution < 1.29 is 14.3 Å². The Morgan fingerprint density at radius 3 is 2.54 bits per heavy atom. The van der Waals surface area contributed by atoms with Gasteiger partial charge in [-0.25, -0.2) is 9.89 Å². The van der Waals surface area contributed by atoms with Crippen molar-refractivity contribution in [2.45, 2.75) is 0 Å². The molecule has 28 heavy (non-hydrogen) atoms. The second kappa shape index (κ2) is 8.59. The highest BCUT2D eigenvalue weighted by molar-refractivity contribution is 6.02. The van der Waals surface area contributed by atoms with Crippen LogP contribution in [0, 0.1) is 0 Å². The predicted octanol–water partition coefficient (Wildman–Crippen LogP) is 2.88. The number of ether oxygens (including phenoxy) is 1. The number of aromatic nitrogens is 2. The van der Waals surface area contributed by atoms with Gasteiger partial charge >= 0.3 is 5.97 Å². The summed E-state index contributed by atoms with van der Waals surface area (Å²) in [6, 6.07) is 16.8. The zero-order valence-corrected chi connectivity index (χ0v) is 15.0. The second-order valence-corrected chi connectivity index (χ2v) is 5.82. The summed E-state index contributed by atoms with van der Waals surface area (Å²) in [5, 5.41) is 9.12. The predicted molar refractivity (Wildman–Crippen MR) is 106 cm³/mol. The van der Waals surface area contributed by atoms with Crippen LogP contribution in [-0.4, -0.2) is 29.2 Å². The first kappa shape index (κ1) is 18.8. The van der Waals surface area contributed by atoms with Crippen LogP contribution in [-0.2, 0) is 9.53 Å². The van der Waals surface area contributed by atoms with Gasteiger partial charge in [-0.15, -0.1) is 0 Å². The van der Waals surface area contributed by atoms with Gasteiger partial charge in [0.25, 0.3) is 5.56 Å². The second-order valence-electron chi connectivity index (χ2n) is 5.82. The van der Waals surface area contributed by atoms with Crippen molar-refractivity contribution in [1.29, 1.82) is 0 Å². The minimum Gasteiger partial charge on any atom is -0.465 e. The fourth-order valence-corrected chi connectivity index (χ4v) is 2.47. The van der Waals surface area contributed by atoms with Crippen LogP contribution < -0.4 is 10.9 Å². The molecule has 0 unspecified atom stereocenters. The highest BCUT2D eigenvalue weighted by atomic mass is 16.5. The Balaban J connectivity index is 1.67. The lowest BCUT2D eigenvalue weighted by Gasteiger charge is -2.05. The van der Waals surface area contributed by atoms with E-state index in [9.17, 15) is 14.4 Å². The number of nitrogens with one attached hydrogen (secondary N) is 2. The van der Waals surface area contributed by atoms with Crippen LogP contribution in [0.2, 0.25) is 0 Å². The number of esters is 1. The van der Waals surface area contributed by atoms with Crippen LogP contribution in [0.15, 0.2) is 71.5 Å². The topological polar surface area (TPSA) is 101 Å². The van der Waals surface area contributed by atoms with Gasteiger partial charge in [0.05, 0.1) is 18.4 Å². The Kier molecular flexibility index (Phi) is 5.76. The molecule has 7 nitrogen and oxygen atoms in total. The molecule has 0 radical (unpaired) electrons. The van der Waals surface area contributed by atoms with E-state index in [1.807, 2.05) is 6.07 Å². The number of carbonyl (C=O) groups is 2. The average molecular weight is 375 g/mol. The van der Waals surface area contributed by atoms with E-state index in [0.717, 1.165) is 11.1 Å². The first-order chi connectivity index (χ1) is 13.5. The van der Waals surface area contributed by atoms with Gasteiger partial charge in [0, 0.05) is 23.4 Å². The number of methoxy groups -OCH3 is 1. The van der Waals surface area contributed by atoms with Crippen molar-refractivity contribution in [1.82, 2.24) is 10.2 Å². The maximum Gasteiger partial charge on any atom is 0.337 e. The Hall–Kier alpha value is -4.00. The van der Waals surface area contributed by atoms with Gasteiger partial charge in [0.1, 0.15) is 0 Å². The number of nitrogens with zero attached hydrogens (tertiary/aromatic N) is 1. The first-order valence-electron chi connectivity index (χ1n) is 8.39. The molecule has 1 heterocycles. The summed E-state index contributed by atoms with van der Waals surface area (Å²) in [5.41, 5.74) is 2.89. The minimum atomic E-state index is -0.412. The van der Waals surface area contributed by atoms with E-state index < -0.39 is 5.97 Å². The molecule has 0 saturated heterocycles. The van der Waals surface area contributed by atoms with Gasteiger partial charge < -0.3 is 10.1 Å². The van der Waals surface area contributed by atoms with Crippen molar-refractivity contribution in [2.24, 2.45) is 0 Å². The molecule has 3 aromatic rings. The molecule has 0 saturated carbocycles. The van der Waals surface area contributed by atoms with Crippen LogP contribution in [0.25, 0.3) is 17.3 Å². The molecular formula is C21H17N3O4. The van der Waals surface area contributed by atoms with E-state index in [0.29, 0.717) is 16.9 Å². The minimum absolute atomic E-state index is 0.280. The zero-order valence-electron chi connectivity index (χ0n) is 15.0. The van der Waals surface area contributed by atoms with E-state index in [-0.39, 0.29) is 11.5 Å². The van der Waals surface area contributed by atoms with Crippen molar-refractivity contribution in [3.05, 3.63) is 88.2 Å². The fraction of sp³-hybridized carbons (Fsp3) is 0.0476. The molecule has 1 amide bonds. The standard InChI is InChI=1S/C21H17N3O4/c1-28-21(27)15-8-5-14(6-9-15)7-11-19(25)22-17-4-2-3-16(13-17)18-10-12-20(26)24-23-18/h2-13H,1H3,(H,22,25)(H,24,26)/b11-7+. The molecule has 0 spiro atoms. The monoisotopic (exact) mass is 375 g/mol. The summed E-state index contributed by atoms with van der Waals surface area (Å²) in [6.45, 7) is 0. The molecule has 1 aromatic heterocycles. The maximum atomic E-state index is 12.2. The Morgan fingerprint density at radius 1 is 1.07 bits per heavy atom. The first-order valence-corrected chi connectivity index (χ1v) is 8.39.